The first-order valence-corrected chi connectivity index (χ1v) is 8.21. The number of rotatable bonds is 2. The molecule has 7 heteroatoms. The predicted molar refractivity (Wildman–Crippen MR) is 96.2 cm³/mol. The summed E-state index contributed by atoms with van der Waals surface area (Å²) in [6.07, 6.45) is 7.29. The van der Waals surface area contributed by atoms with Gasteiger partial charge >= 0.3 is 5.69 Å². The Morgan fingerprint density at radius 3 is 2.56 bits per heavy atom. The van der Waals surface area contributed by atoms with Gasteiger partial charge in [-0.3, -0.25) is 14.1 Å². The van der Waals surface area contributed by atoms with Gasteiger partial charge < -0.3 is 5.73 Å². The van der Waals surface area contributed by atoms with Crippen LogP contribution in [0.4, 0.5) is 5.95 Å². The van der Waals surface area contributed by atoms with Crippen LogP contribution in [0.1, 0.15) is 18.9 Å². The number of hydrogen-bond acceptors (Lipinski definition) is 5. The molecule has 5 rings (SSSR count). The molecule has 0 saturated heterocycles. The van der Waals surface area contributed by atoms with E-state index in [4.69, 9.17) is 5.73 Å². The van der Waals surface area contributed by atoms with E-state index in [9.17, 15) is 4.79 Å². The number of aryl methyl sites for hydroxylation is 1. The standard InChI is InChI=1S/C18H16N6O/c1-23-15-9-20-14-5-2-10(11-7-21-17(19)22-8-11)6-13(14)16(15)24(18(23)25)12-3-4-12/h2,5-9,12H,3-4H2,1H3,(H2,19,21,22). The fourth-order valence-electron chi connectivity index (χ4n) is 3.37. The second-order valence-electron chi connectivity index (χ2n) is 6.50. The van der Waals surface area contributed by atoms with Crippen LogP contribution in [0.3, 0.4) is 0 Å². The topological polar surface area (TPSA) is 91.6 Å². The van der Waals surface area contributed by atoms with Crippen molar-refractivity contribution in [1.29, 1.82) is 0 Å². The molecule has 4 aromatic rings. The molecule has 0 radical (unpaired) electrons. The summed E-state index contributed by atoms with van der Waals surface area (Å²) in [5.74, 6) is 0.249. The van der Waals surface area contributed by atoms with Crippen molar-refractivity contribution in [1.82, 2.24) is 24.1 Å². The number of aromatic nitrogens is 5. The van der Waals surface area contributed by atoms with Crippen LogP contribution in [0, 0.1) is 0 Å². The molecule has 0 aliphatic heterocycles. The monoisotopic (exact) mass is 332 g/mol. The van der Waals surface area contributed by atoms with Gasteiger partial charge in [0.1, 0.15) is 0 Å². The summed E-state index contributed by atoms with van der Waals surface area (Å²) in [7, 11) is 1.80. The Morgan fingerprint density at radius 2 is 1.84 bits per heavy atom. The minimum Gasteiger partial charge on any atom is -0.368 e. The van der Waals surface area contributed by atoms with Crippen molar-refractivity contribution < 1.29 is 0 Å². The Balaban J connectivity index is 1.85. The number of hydrogen-bond donors (Lipinski definition) is 1. The Bertz CT molecular complexity index is 1180. The highest BCUT2D eigenvalue weighted by atomic mass is 16.1. The maximum atomic E-state index is 12.7. The van der Waals surface area contributed by atoms with E-state index in [1.165, 1.54) is 0 Å². The van der Waals surface area contributed by atoms with Crippen LogP contribution in [0.5, 0.6) is 0 Å². The summed E-state index contributed by atoms with van der Waals surface area (Å²) in [6.45, 7) is 0. The van der Waals surface area contributed by atoms with Crippen molar-refractivity contribution in [3.05, 3.63) is 47.3 Å². The third-order valence-electron chi connectivity index (χ3n) is 4.83. The number of fused-ring (bicyclic) bond motifs is 3. The van der Waals surface area contributed by atoms with Gasteiger partial charge in [0.05, 0.1) is 22.7 Å². The number of anilines is 1. The SMILES string of the molecule is Cn1c(=O)n(C2CC2)c2c3cc(-c4cnc(N)nc4)ccc3ncc21. The number of nitrogens with zero attached hydrogens (tertiary/aromatic N) is 5. The van der Waals surface area contributed by atoms with Crippen LogP contribution in [-0.2, 0) is 7.05 Å². The maximum Gasteiger partial charge on any atom is 0.329 e. The van der Waals surface area contributed by atoms with E-state index in [2.05, 4.69) is 21.0 Å². The van der Waals surface area contributed by atoms with Gasteiger partial charge in [0.2, 0.25) is 5.95 Å². The van der Waals surface area contributed by atoms with Crippen LogP contribution in [0.2, 0.25) is 0 Å². The van der Waals surface area contributed by atoms with Crippen LogP contribution in [0.15, 0.2) is 41.6 Å². The van der Waals surface area contributed by atoms with Crippen molar-refractivity contribution >= 4 is 27.9 Å². The highest BCUT2D eigenvalue weighted by Crippen LogP contribution is 2.38. The molecule has 2 N–H and O–H groups in total. The fraction of sp³-hybridized carbons (Fsp3) is 0.222. The molecule has 0 spiro atoms. The molecule has 0 unspecified atom stereocenters. The number of nitrogen functional groups attached to an aromatic ring is 1. The van der Waals surface area contributed by atoms with Crippen molar-refractivity contribution in [3.8, 4) is 11.1 Å². The molecule has 1 fully saturated rings. The number of nitrogens with two attached hydrogens (primary N) is 1. The second-order valence-corrected chi connectivity index (χ2v) is 6.50. The van der Waals surface area contributed by atoms with Crippen LogP contribution >= 0.6 is 0 Å². The molecule has 1 aliphatic rings. The summed E-state index contributed by atoms with van der Waals surface area (Å²) in [5.41, 5.74) is 10.1. The molecule has 0 atom stereocenters. The molecule has 1 aromatic carbocycles. The van der Waals surface area contributed by atoms with Crippen molar-refractivity contribution in [2.75, 3.05) is 5.73 Å². The van der Waals surface area contributed by atoms with E-state index in [0.29, 0.717) is 6.04 Å². The number of pyridine rings is 1. The van der Waals surface area contributed by atoms with Crippen molar-refractivity contribution in [2.45, 2.75) is 18.9 Å². The molecule has 25 heavy (non-hydrogen) atoms. The molecule has 3 aromatic heterocycles. The Hall–Kier alpha value is -3.22. The largest absolute Gasteiger partial charge is 0.368 e. The number of imidazole rings is 1. The molecular weight excluding hydrogens is 316 g/mol. The smallest absolute Gasteiger partial charge is 0.329 e. The normalized spacial score (nSPS) is 14.4. The van der Waals surface area contributed by atoms with Gasteiger partial charge in [-0.1, -0.05) is 6.07 Å². The second kappa shape index (κ2) is 4.89. The van der Waals surface area contributed by atoms with E-state index < -0.39 is 0 Å². The fourth-order valence-corrected chi connectivity index (χ4v) is 3.37. The van der Waals surface area contributed by atoms with Gasteiger partial charge in [-0.2, -0.15) is 0 Å². The molecule has 124 valence electrons. The van der Waals surface area contributed by atoms with E-state index in [0.717, 1.165) is 45.9 Å². The Kier molecular flexibility index (Phi) is 2.77. The summed E-state index contributed by atoms with van der Waals surface area (Å²) < 4.78 is 3.60. The molecule has 7 nitrogen and oxygen atoms in total. The molecule has 0 amide bonds. The lowest BCUT2D eigenvalue weighted by atomic mass is 10.1. The third kappa shape index (κ3) is 2.05. The molecule has 1 aliphatic carbocycles. The van der Waals surface area contributed by atoms with Crippen molar-refractivity contribution in [2.24, 2.45) is 7.05 Å². The Morgan fingerprint density at radius 1 is 1.08 bits per heavy atom. The zero-order chi connectivity index (χ0) is 17.1. The molecule has 1 saturated carbocycles. The van der Waals surface area contributed by atoms with E-state index in [1.54, 1.807) is 30.2 Å². The highest BCUT2D eigenvalue weighted by Gasteiger charge is 2.29. The lowest BCUT2D eigenvalue weighted by Gasteiger charge is -2.07. The zero-order valence-corrected chi connectivity index (χ0v) is 13.7. The quantitative estimate of drug-likeness (QED) is 0.608. The van der Waals surface area contributed by atoms with Gasteiger partial charge in [0, 0.05) is 36.4 Å². The summed E-state index contributed by atoms with van der Waals surface area (Å²) in [6, 6.07) is 6.30. The van der Waals surface area contributed by atoms with Crippen LogP contribution in [0.25, 0.3) is 33.1 Å². The third-order valence-corrected chi connectivity index (χ3v) is 4.83. The first-order chi connectivity index (χ1) is 12.1. The zero-order valence-electron chi connectivity index (χ0n) is 13.7. The van der Waals surface area contributed by atoms with Crippen LogP contribution < -0.4 is 11.4 Å². The predicted octanol–water partition coefficient (Wildman–Crippen LogP) is 2.26. The summed E-state index contributed by atoms with van der Waals surface area (Å²) in [4.78, 5) is 25.3. The van der Waals surface area contributed by atoms with E-state index in [-0.39, 0.29) is 11.6 Å². The minimum absolute atomic E-state index is 0.0213. The van der Waals surface area contributed by atoms with E-state index >= 15 is 0 Å². The molecule has 3 heterocycles. The van der Waals surface area contributed by atoms with Crippen molar-refractivity contribution in [3.63, 3.8) is 0 Å². The van der Waals surface area contributed by atoms with Gasteiger partial charge in [-0.25, -0.2) is 14.8 Å². The first kappa shape index (κ1) is 14.2. The molecular formula is C18H16N6O. The van der Waals surface area contributed by atoms with E-state index in [1.807, 2.05) is 16.7 Å². The van der Waals surface area contributed by atoms with Crippen LogP contribution in [-0.4, -0.2) is 24.1 Å². The van der Waals surface area contributed by atoms with Gasteiger partial charge in [-0.15, -0.1) is 0 Å². The lowest BCUT2D eigenvalue weighted by molar-refractivity contribution is 0.697. The van der Waals surface area contributed by atoms with Gasteiger partial charge in [0.25, 0.3) is 0 Å². The summed E-state index contributed by atoms with van der Waals surface area (Å²) >= 11 is 0. The maximum absolute atomic E-state index is 12.7. The van der Waals surface area contributed by atoms with Gasteiger partial charge in [0.15, 0.2) is 0 Å². The number of benzene rings is 1. The summed E-state index contributed by atoms with van der Waals surface area (Å²) in [5, 5.41) is 0.969. The van der Waals surface area contributed by atoms with Gasteiger partial charge in [-0.05, 0) is 30.5 Å². The average Bonchev–Trinajstić information content (AvgIpc) is 3.43. The lowest BCUT2D eigenvalue weighted by Crippen LogP contribution is -2.21. The first-order valence-electron chi connectivity index (χ1n) is 8.21. The minimum atomic E-state index is 0.0213. The average molecular weight is 332 g/mol. The Labute approximate surface area is 142 Å². The highest BCUT2D eigenvalue weighted by molar-refractivity contribution is 6.04. The molecule has 0 bridgehead atoms.